The first-order valence-electron chi connectivity index (χ1n) is 8.28. The Hall–Kier alpha value is -1.30. The molecule has 1 N–H and O–H groups in total. The highest BCUT2D eigenvalue weighted by Gasteiger charge is 2.57. The zero-order valence-corrected chi connectivity index (χ0v) is 13.9. The second-order valence-electron chi connectivity index (χ2n) is 7.91. The Balaban J connectivity index is 1.60. The predicted octanol–water partition coefficient (Wildman–Crippen LogP) is 1.07. The molecule has 2 amide bonds. The Morgan fingerprint density at radius 2 is 1.77 bits per heavy atom. The molecule has 0 aromatic rings. The average molecular weight is 309 g/mol. The van der Waals surface area contributed by atoms with E-state index in [0.717, 1.165) is 39.0 Å². The lowest BCUT2D eigenvalue weighted by atomic mass is 9.71. The summed E-state index contributed by atoms with van der Waals surface area (Å²) in [4.78, 5) is 28.5. The third kappa shape index (κ3) is 2.81. The largest absolute Gasteiger partial charge is 0.444 e. The Kier molecular flexibility index (Phi) is 3.83. The summed E-state index contributed by atoms with van der Waals surface area (Å²) in [6, 6.07) is 0. The molecule has 6 heteroatoms. The molecule has 1 unspecified atom stereocenters. The maximum absolute atomic E-state index is 12.7. The van der Waals surface area contributed by atoms with Crippen molar-refractivity contribution in [1.29, 1.82) is 0 Å². The van der Waals surface area contributed by atoms with E-state index in [4.69, 9.17) is 4.74 Å². The molecule has 1 atom stereocenters. The van der Waals surface area contributed by atoms with Gasteiger partial charge in [0.25, 0.3) is 0 Å². The lowest BCUT2D eigenvalue weighted by Crippen LogP contribution is -2.64. The summed E-state index contributed by atoms with van der Waals surface area (Å²) in [7, 11) is 0. The molecule has 0 aromatic carbocycles. The maximum atomic E-state index is 12.7. The molecular weight excluding hydrogens is 282 g/mol. The molecule has 0 radical (unpaired) electrons. The van der Waals surface area contributed by atoms with Crippen molar-refractivity contribution in [1.82, 2.24) is 15.1 Å². The first-order chi connectivity index (χ1) is 10.3. The van der Waals surface area contributed by atoms with E-state index in [-0.39, 0.29) is 23.3 Å². The SMILES string of the molecule is CC(C)(C)OC(=O)N1CC2(CNCC2C(=O)N2CCCC2)C1. The van der Waals surface area contributed by atoms with Crippen LogP contribution < -0.4 is 5.32 Å². The van der Waals surface area contributed by atoms with E-state index >= 15 is 0 Å². The molecule has 3 fully saturated rings. The minimum absolute atomic E-state index is 0.00397. The number of rotatable bonds is 1. The third-order valence-corrected chi connectivity index (χ3v) is 4.94. The molecule has 3 saturated heterocycles. The number of carbonyl (C=O) groups is 2. The Bertz CT molecular complexity index is 460. The quantitative estimate of drug-likeness (QED) is 0.787. The molecule has 0 aromatic heterocycles. The number of carbonyl (C=O) groups excluding carboxylic acids is 2. The van der Waals surface area contributed by atoms with Gasteiger partial charge >= 0.3 is 6.09 Å². The molecule has 0 saturated carbocycles. The van der Waals surface area contributed by atoms with Gasteiger partial charge in [-0.1, -0.05) is 0 Å². The fourth-order valence-electron chi connectivity index (χ4n) is 3.81. The summed E-state index contributed by atoms with van der Waals surface area (Å²) in [6.07, 6.45) is 1.96. The molecule has 0 aliphatic carbocycles. The standard InChI is InChI=1S/C16H27N3O3/c1-15(2,3)22-14(21)19-10-16(11-19)9-17-8-12(16)13(20)18-6-4-5-7-18/h12,17H,4-11H2,1-3H3. The van der Waals surface area contributed by atoms with Gasteiger partial charge in [-0.15, -0.1) is 0 Å². The van der Waals surface area contributed by atoms with Crippen molar-refractivity contribution in [3.8, 4) is 0 Å². The van der Waals surface area contributed by atoms with Crippen LogP contribution in [0, 0.1) is 11.3 Å². The van der Waals surface area contributed by atoms with E-state index in [2.05, 4.69) is 5.32 Å². The van der Waals surface area contributed by atoms with Crippen LogP contribution in [-0.2, 0) is 9.53 Å². The van der Waals surface area contributed by atoms with Crippen LogP contribution in [0.25, 0.3) is 0 Å². The number of ether oxygens (including phenoxy) is 1. The number of nitrogens with one attached hydrogen (secondary N) is 1. The fraction of sp³-hybridized carbons (Fsp3) is 0.875. The first-order valence-corrected chi connectivity index (χ1v) is 8.28. The van der Waals surface area contributed by atoms with Gasteiger partial charge < -0.3 is 19.9 Å². The Morgan fingerprint density at radius 1 is 1.14 bits per heavy atom. The van der Waals surface area contributed by atoms with Gasteiger partial charge in [-0.2, -0.15) is 0 Å². The first kappa shape index (κ1) is 15.6. The van der Waals surface area contributed by atoms with Crippen LogP contribution in [0.15, 0.2) is 0 Å². The van der Waals surface area contributed by atoms with E-state index in [0.29, 0.717) is 13.1 Å². The smallest absolute Gasteiger partial charge is 0.410 e. The predicted molar refractivity (Wildman–Crippen MR) is 82.4 cm³/mol. The van der Waals surface area contributed by atoms with Crippen molar-refractivity contribution in [2.24, 2.45) is 11.3 Å². The average Bonchev–Trinajstić information content (AvgIpc) is 3.03. The summed E-state index contributed by atoms with van der Waals surface area (Å²) in [5, 5.41) is 3.35. The molecule has 3 heterocycles. The molecule has 3 aliphatic rings. The highest BCUT2D eigenvalue weighted by Crippen LogP contribution is 2.42. The molecule has 3 rings (SSSR count). The molecule has 3 aliphatic heterocycles. The highest BCUT2D eigenvalue weighted by atomic mass is 16.6. The summed E-state index contributed by atoms with van der Waals surface area (Å²) >= 11 is 0. The van der Waals surface area contributed by atoms with Crippen molar-refractivity contribution >= 4 is 12.0 Å². The van der Waals surface area contributed by atoms with Crippen LogP contribution in [0.1, 0.15) is 33.6 Å². The maximum Gasteiger partial charge on any atom is 0.410 e. The van der Waals surface area contributed by atoms with Gasteiger partial charge in [0.1, 0.15) is 5.60 Å². The van der Waals surface area contributed by atoms with Gasteiger partial charge in [0.15, 0.2) is 0 Å². The third-order valence-electron chi connectivity index (χ3n) is 4.94. The zero-order valence-electron chi connectivity index (χ0n) is 13.9. The number of hydrogen-bond donors (Lipinski definition) is 1. The normalized spacial score (nSPS) is 27.1. The summed E-state index contributed by atoms with van der Waals surface area (Å²) in [6.45, 7) is 10.2. The van der Waals surface area contributed by atoms with Gasteiger partial charge in [-0.05, 0) is 33.6 Å². The Morgan fingerprint density at radius 3 is 2.36 bits per heavy atom. The van der Waals surface area contributed by atoms with E-state index in [9.17, 15) is 9.59 Å². The Labute approximate surface area is 132 Å². The van der Waals surface area contributed by atoms with Crippen LogP contribution in [-0.4, -0.2) is 66.7 Å². The van der Waals surface area contributed by atoms with E-state index in [1.807, 2.05) is 25.7 Å². The summed E-state index contributed by atoms with van der Waals surface area (Å²) in [5.74, 6) is 0.274. The minimum atomic E-state index is -0.474. The second kappa shape index (κ2) is 5.41. The fourth-order valence-corrected chi connectivity index (χ4v) is 3.81. The van der Waals surface area contributed by atoms with Crippen molar-refractivity contribution in [2.75, 3.05) is 39.3 Å². The molecule has 0 bridgehead atoms. The molecule has 6 nitrogen and oxygen atoms in total. The second-order valence-corrected chi connectivity index (χ2v) is 7.91. The summed E-state index contributed by atoms with van der Waals surface area (Å²) in [5.41, 5.74) is -0.560. The van der Waals surface area contributed by atoms with Crippen LogP contribution >= 0.6 is 0 Å². The van der Waals surface area contributed by atoms with Gasteiger partial charge in [-0.3, -0.25) is 4.79 Å². The number of hydrogen-bond acceptors (Lipinski definition) is 4. The van der Waals surface area contributed by atoms with Crippen LogP contribution in [0.2, 0.25) is 0 Å². The monoisotopic (exact) mass is 309 g/mol. The number of amides is 2. The summed E-state index contributed by atoms with van der Waals surface area (Å²) < 4.78 is 5.41. The van der Waals surface area contributed by atoms with Crippen molar-refractivity contribution < 1.29 is 14.3 Å². The van der Waals surface area contributed by atoms with Gasteiger partial charge in [-0.25, -0.2) is 4.79 Å². The topological polar surface area (TPSA) is 61.9 Å². The lowest BCUT2D eigenvalue weighted by Gasteiger charge is -2.50. The van der Waals surface area contributed by atoms with Crippen LogP contribution in [0.3, 0.4) is 0 Å². The zero-order chi connectivity index (χ0) is 16.0. The van der Waals surface area contributed by atoms with Crippen molar-refractivity contribution in [2.45, 2.75) is 39.2 Å². The lowest BCUT2D eigenvalue weighted by molar-refractivity contribution is -0.142. The van der Waals surface area contributed by atoms with Crippen molar-refractivity contribution in [3.63, 3.8) is 0 Å². The highest BCUT2D eigenvalue weighted by molar-refractivity contribution is 5.81. The van der Waals surface area contributed by atoms with Gasteiger partial charge in [0.05, 0.1) is 5.92 Å². The van der Waals surface area contributed by atoms with E-state index < -0.39 is 5.60 Å². The van der Waals surface area contributed by atoms with E-state index in [1.165, 1.54) is 0 Å². The van der Waals surface area contributed by atoms with Gasteiger partial charge in [0.2, 0.25) is 5.91 Å². The molecule has 1 spiro atoms. The minimum Gasteiger partial charge on any atom is -0.444 e. The number of nitrogens with zero attached hydrogens (tertiary/aromatic N) is 2. The molecule has 22 heavy (non-hydrogen) atoms. The van der Waals surface area contributed by atoms with E-state index in [1.54, 1.807) is 4.90 Å². The van der Waals surface area contributed by atoms with Crippen LogP contribution in [0.5, 0.6) is 0 Å². The number of likely N-dealkylation sites (tertiary alicyclic amines) is 2. The van der Waals surface area contributed by atoms with Gasteiger partial charge in [0, 0.05) is 44.7 Å². The van der Waals surface area contributed by atoms with Crippen LogP contribution in [0.4, 0.5) is 4.79 Å². The van der Waals surface area contributed by atoms with Crippen molar-refractivity contribution in [3.05, 3.63) is 0 Å². The molecular formula is C16H27N3O3. The molecule has 124 valence electrons.